The van der Waals surface area contributed by atoms with Gasteiger partial charge in [0.2, 0.25) is 0 Å². The molecule has 4 N–H and O–H groups in total. The molecule has 4 nitrogen and oxygen atoms in total. The van der Waals surface area contributed by atoms with Gasteiger partial charge in [0.05, 0.1) is 10.8 Å². The van der Waals surface area contributed by atoms with E-state index in [0.717, 1.165) is 5.56 Å². The molecule has 0 aliphatic carbocycles. The van der Waals surface area contributed by atoms with Crippen molar-refractivity contribution in [2.24, 2.45) is 0 Å². The summed E-state index contributed by atoms with van der Waals surface area (Å²) in [6.07, 6.45) is 0. The van der Waals surface area contributed by atoms with E-state index in [1.54, 1.807) is 25.1 Å². The highest BCUT2D eigenvalue weighted by Gasteiger charge is 2.18. The van der Waals surface area contributed by atoms with Crippen LogP contribution < -0.4 is 0 Å². The molecule has 3 rings (SSSR count). The Balaban J connectivity index is 2.69. The summed E-state index contributed by atoms with van der Waals surface area (Å²) in [5, 5.41) is 41.3. The minimum absolute atomic E-state index is 0.0716. The van der Waals surface area contributed by atoms with Crippen LogP contribution in [0.2, 0.25) is 0 Å². The van der Waals surface area contributed by atoms with Gasteiger partial charge in [0.1, 0.15) is 23.0 Å². The van der Waals surface area contributed by atoms with Crippen LogP contribution in [0.3, 0.4) is 0 Å². The maximum Gasteiger partial charge on any atom is 0.138 e. The summed E-state index contributed by atoms with van der Waals surface area (Å²) in [5.41, 5.74) is 0.763. The molecule has 0 bridgehead atoms. The average Bonchev–Trinajstić information content (AvgIpc) is 2.34. The molecule has 0 heterocycles. The van der Waals surface area contributed by atoms with Crippen molar-refractivity contribution < 1.29 is 20.4 Å². The molecule has 3 aromatic carbocycles. The van der Waals surface area contributed by atoms with Crippen LogP contribution in [0, 0.1) is 6.92 Å². The first kappa shape index (κ1) is 11.5. The predicted octanol–water partition coefficient (Wildman–Crippen LogP) is 3.12. The summed E-state index contributed by atoms with van der Waals surface area (Å²) in [6, 6.07) is 7.76. The summed E-state index contributed by atoms with van der Waals surface area (Å²) < 4.78 is 0. The van der Waals surface area contributed by atoms with Gasteiger partial charge in [-0.05, 0) is 30.7 Å². The Labute approximate surface area is 108 Å². The second-order valence-corrected chi connectivity index (χ2v) is 4.60. The number of phenolic OH excluding ortho intramolecular Hbond substituents is 4. The molecule has 3 aromatic rings. The molecule has 0 fully saturated rings. The Morgan fingerprint density at radius 1 is 0.737 bits per heavy atom. The standard InChI is InChI=1S/C15H12O4/c1-7-5-9-13(11(17)6-7)15(19)12-8(14(9)18)3-2-4-10(12)16/h2-6,16-19H,1H3. The first-order chi connectivity index (χ1) is 9.00. The highest BCUT2D eigenvalue weighted by atomic mass is 16.3. The van der Waals surface area contributed by atoms with Gasteiger partial charge in [-0.2, -0.15) is 0 Å². The second kappa shape index (κ2) is 3.68. The minimum atomic E-state index is -0.238. The van der Waals surface area contributed by atoms with Crippen LogP contribution in [0.4, 0.5) is 0 Å². The molecule has 0 amide bonds. The van der Waals surface area contributed by atoms with E-state index in [1.165, 1.54) is 12.1 Å². The van der Waals surface area contributed by atoms with Gasteiger partial charge in [-0.1, -0.05) is 12.1 Å². The van der Waals surface area contributed by atoms with Gasteiger partial charge in [0, 0.05) is 10.8 Å². The Hall–Kier alpha value is -2.62. The second-order valence-electron chi connectivity index (χ2n) is 4.60. The lowest BCUT2D eigenvalue weighted by Gasteiger charge is -2.12. The minimum Gasteiger partial charge on any atom is -0.507 e. The molecule has 0 saturated heterocycles. The van der Waals surface area contributed by atoms with Crippen molar-refractivity contribution in [1.29, 1.82) is 0 Å². The Morgan fingerprint density at radius 2 is 1.42 bits per heavy atom. The predicted molar refractivity (Wildman–Crippen MR) is 72.9 cm³/mol. The van der Waals surface area contributed by atoms with E-state index in [4.69, 9.17) is 0 Å². The van der Waals surface area contributed by atoms with E-state index in [9.17, 15) is 20.4 Å². The average molecular weight is 256 g/mol. The van der Waals surface area contributed by atoms with Crippen LogP contribution in [-0.4, -0.2) is 20.4 Å². The highest BCUT2D eigenvalue weighted by molar-refractivity contribution is 6.14. The van der Waals surface area contributed by atoms with Crippen molar-refractivity contribution in [3.8, 4) is 23.0 Å². The van der Waals surface area contributed by atoms with Crippen LogP contribution in [-0.2, 0) is 0 Å². The van der Waals surface area contributed by atoms with Gasteiger partial charge in [0.25, 0.3) is 0 Å². The van der Waals surface area contributed by atoms with Gasteiger partial charge in [-0.25, -0.2) is 0 Å². The molecule has 0 aromatic heterocycles. The molecule has 96 valence electrons. The summed E-state index contributed by atoms with van der Waals surface area (Å²) in [5.74, 6) is -0.587. The fourth-order valence-electron chi connectivity index (χ4n) is 2.46. The summed E-state index contributed by atoms with van der Waals surface area (Å²) in [7, 11) is 0. The van der Waals surface area contributed by atoms with E-state index in [1.807, 2.05) is 0 Å². The Kier molecular flexibility index (Phi) is 2.22. The molecule has 4 heteroatoms. The zero-order valence-corrected chi connectivity index (χ0v) is 10.2. The molecule has 0 saturated carbocycles. The number of hydrogen-bond acceptors (Lipinski definition) is 4. The number of rotatable bonds is 0. The van der Waals surface area contributed by atoms with Gasteiger partial charge < -0.3 is 20.4 Å². The maximum atomic E-state index is 10.3. The van der Waals surface area contributed by atoms with Gasteiger partial charge in [-0.3, -0.25) is 0 Å². The third-order valence-electron chi connectivity index (χ3n) is 3.29. The van der Waals surface area contributed by atoms with Crippen LogP contribution in [0.5, 0.6) is 23.0 Å². The quantitative estimate of drug-likeness (QED) is 0.368. The normalized spacial score (nSPS) is 11.2. The molecule has 0 spiro atoms. The summed E-state index contributed by atoms with van der Waals surface area (Å²) in [4.78, 5) is 0. The zero-order valence-electron chi connectivity index (χ0n) is 10.2. The molecule has 0 aliphatic rings. The molecular weight excluding hydrogens is 244 g/mol. The van der Waals surface area contributed by atoms with Crippen LogP contribution in [0.1, 0.15) is 5.56 Å². The number of hydrogen-bond donors (Lipinski definition) is 4. The fraction of sp³-hybridized carbons (Fsp3) is 0.0667. The van der Waals surface area contributed by atoms with Crippen molar-refractivity contribution in [3.63, 3.8) is 0 Å². The maximum absolute atomic E-state index is 10.3. The number of aryl methyl sites for hydroxylation is 1. The molecular formula is C15H12O4. The van der Waals surface area contributed by atoms with E-state index in [-0.39, 0.29) is 33.8 Å². The van der Waals surface area contributed by atoms with Gasteiger partial charge >= 0.3 is 0 Å². The Bertz CT molecular complexity index is 822. The zero-order chi connectivity index (χ0) is 13.7. The summed E-state index contributed by atoms with van der Waals surface area (Å²) >= 11 is 0. The van der Waals surface area contributed by atoms with Crippen molar-refractivity contribution >= 4 is 21.5 Å². The topological polar surface area (TPSA) is 80.9 Å². The fourth-order valence-corrected chi connectivity index (χ4v) is 2.46. The van der Waals surface area contributed by atoms with E-state index < -0.39 is 0 Å². The van der Waals surface area contributed by atoms with E-state index in [2.05, 4.69) is 0 Å². The van der Waals surface area contributed by atoms with Crippen LogP contribution in [0.25, 0.3) is 21.5 Å². The van der Waals surface area contributed by atoms with Crippen molar-refractivity contribution in [2.75, 3.05) is 0 Å². The first-order valence-corrected chi connectivity index (χ1v) is 5.79. The SMILES string of the molecule is Cc1cc(O)c2c(O)c3c(O)cccc3c(O)c2c1. The molecule has 0 radical (unpaired) electrons. The van der Waals surface area contributed by atoms with Crippen molar-refractivity contribution in [3.05, 3.63) is 35.9 Å². The van der Waals surface area contributed by atoms with Crippen molar-refractivity contribution in [2.45, 2.75) is 6.92 Å². The molecule has 19 heavy (non-hydrogen) atoms. The third kappa shape index (κ3) is 1.46. The third-order valence-corrected chi connectivity index (χ3v) is 3.29. The number of benzene rings is 3. The molecule has 0 atom stereocenters. The van der Waals surface area contributed by atoms with Crippen LogP contribution >= 0.6 is 0 Å². The monoisotopic (exact) mass is 256 g/mol. The largest absolute Gasteiger partial charge is 0.507 e. The Morgan fingerprint density at radius 3 is 2.16 bits per heavy atom. The van der Waals surface area contributed by atoms with Gasteiger partial charge in [-0.15, -0.1) is 0 Å². The van der Waals surface area contributed by atoms with E-state index in [0.29, 0.717) is 10.8 Å². The van der Waals surface area contributed by atoms with Crippen LogP contribution in [0.15, 0.2) is 30.3 Å². The highest BCUT2D eigenvalue weighted by Crippen LogP contribution is 2.47. The van der Waals surface area contributed by atoms with Gasteiger partial charge in [0.15, 0.2) is 0 Å². The van der Waals surface area contributed by atoms with Crippen molar-refractivity contribution in [1.82, 2.24) is 0 Å². The number of aromatic hydroxyl groups is 4. The number of fused-ring (bicyclic) bond motifs is 2. The smallest absolute Gasteiger partial charge is 0.138 e. The lowest BCUT2D eigenvalue weighted by Crippen LogP contribution is -1.84. The molecule has 0 unspecified atom stereocenters. The lowest BCUT2D eigenvalue weighted by atomic mass is 9.98. The number of phenols is 4. The summed E-state index contributed by atoms with van der Waals surface area (Å²) in [6.45, 7) is 1.78. The van der Waals surface area contributed by atoms with E-state index >= 15 is 0 Å². The first-order valence-electron chi connectivity index (χ1n) is 5.79. The molecule has 0 aliphatic heterocycles. The lowest BCUT2D eigenvalue weighted by molar-refractivity contribution is 0.455.